The zero-order valence-electron chi connectivity index (χ0n) is 12.9. The molecule has 4 atom stereocenters. The molecule has 6 heteroatoms. The summed E-state index contributed by atoms with van der Waals surface area (Å²) in [7, 11) is 0. The Morgan fingerprint density at radius 1 is 1.24 bits per heavy atom. The standard InChI is InChI=1S/C15H26N2O3S/c1-10-5-4-8-17(13(10)14(18)19)15(20)16-11-6-3-7-12(9-11)21-2/h10-13H,3-9H2,1-2H3,(H,16,20)(H,18,19). The molecule has 0 spiro atoms. The summed E-state index contributed by atoms with van der Waals surface area (Å²) < 4.78 is 0. The molecule has 4 unspecified atom stereocenters. The summed E-state index contributed by atoms with van der Waals surface area (Å²) in [6, 6.07) is -0.685. The smallest absolute Gasteiger partial charge is 0.326 e. The summed E-state index contributed by atoms with van der Waals surface area (Å²) in [6.07, 6.45) is 8.22. The number of hydrogen-bond acceptors (Lipinski definition) is 3. The molecule has 5 nitrogen and oxygen atoms in total. The van der Waals surface area contributed by atoms with Crippen LogP contribution in [-0.4, -0.2) is 52.1 Å². The molecule has 2 fully saturated rings. The summed E-state index contributed by atoms with van der Waals surface area (Å²) >= 11 is 1.86. The van der Waals surface area contributed by atoms with Gasteiger partial charge in [-0.3, -0.25) is 0 Å². The van der Waals surface area contributed by atoms with Gasteiger partial charge in [-0.05, 0) is 44.3 Å². The second kappa shape index (κ2) is 7.38. The molecular formula is C15H26N2O3S. The molecule has 21 heavy (non-hydrogen) atoms. The highest BCUT2D eigenvalue weighted by molar-refractivity contribution is 7.99. The molecule has 0 bridgehead atoms. The quantitative estimate of drug-likeness (QED) is 0.840. The molecule has 1 saturated carbocycles. The van der Waals surface area contributed by atoms with E-state index in [4.69, 9.17) is 0 Å². The first kappa shape index (κ1) is 16.5. The van der Waals surface area contributed by atoms with Crippen LogP contribution >= 0.6 is 11.8 Å². The number of aliphatic carboxylic acids is 1. The van der Waals surface area contributed by atoms with E-state index >= 15 is 0 Å². The largest absolute Gasteiger partial charge is 0.480 e. The molecule has 0 radical (unpaired) electrons. The van der Waals surface area contributed by atoms with Gasteiger partial charge in [0, 0.05) is 17.8 Å². The maximum absolute atomic E-state index is 12.5. The van der Waals surface area contributed by atoms with Crippen molar-refractivity contribution in [2.24, 2.45) is 5.92 Å². The number of hydrogen-bond donors (Lipinski definition) is 2. The van der Waals surface area contributed by atoms with Crippen LogP contribution in [-0.2, 0) is 4.79 Å². The Hall–Kier alpha value is -0.910. The third kappa shape index (κ3) is 4.05. The van der Waals surface area contributed by atoms with Gasteiger partial charge in [-0.1, -0.05) is 13.3 Å². The molecule has 0 aromatic heterocycles. The molecule has 2 N–H and O–H groups in total. The number of carbonyl (C=O) groups excluding carboxylic acids is 1. The van der Waals surface area contributed by atoms with Gasteiger partial charge >= 0.3 is 12.0 Å². The second-order valence-electron chi connectivity index (χ2n) is 6.27. The van der Waals surface area contributed by atoms with Crippen molar-refractivity contribution in [3.63, 3.8) is 0 Å². The van der Waals surface area contributed by atoms with Crippen molar-refractivity contribution in [2.45, 2.75) is 62.8 Å². The van der Waals surface area contributed by atoms with Gasteiger partial charge in [0.25, 0.3) is 0 Å². The molecule has 2 rings (SSSR count). The average molecular weight is 314 g/mol. The van der Waals surface area contributed by atoms with E-state index < -0.39 is 12.0 Å². The number of carboxylic acid groups (broad SMARTS) is 1. The zero-order chi connectivity index (χ0) is 15.4. The minimum absolute atomic E-state index is 0.0206. The summed E-state index contributed by atoms with van der Waals surface area (Å²) in [6.45, 7) is 2.47. The normalized spacial score (nSPS) is 33.5. The first-order valence-electron chi connectivity index (χ1n) is 7.85. The number of nitrogens with zero attached hydrogens (tertiary/aromatic N) is 1. The summed E-state index contributed by atoms with van der Waals surface area (Å²) in [5.74, 6) is -0.865. The highest BCUT2D eigenvalue weighted by Gasteiger charge is 2.37. The van der Waals surface area contributed by atoms with Crippen molar-refractivity contribution in [2.75, 3.05) is 12.8 Å². The fraction of sp³-hybridized carbons (Fsp3) is 0.867. The van der Waals surface area contributed by atoms with Crippen molar-refractivity contribution in [3.8, 4) is 0 Å². The third-order valence-corrected chi connectivity index (χ3v) is 5.83. The molecule has 0 aromatic carbocycles. The van der Waals surface area contributed by atoms with E-state index in [0.29, 0.717) is 11.8 Å². The van der Waals surface area contributed by atoms with Crippen molar-refractivity contribution >= 4 is 23.8 Å². The molecule has 2 aliphatic rings. The van der Waals surface area contributed by atoms with Crippen LogP contribution in [0, 0.1) is 5.92 Å². The van der Waals surface area contributed by atoms with Gasteiger partial charge in [0.2, 0.25) is 0 Å². The second-order valence-corrected chi connectivity index (χ2v) is 7.40. The summed E-state index contributed by atoms with van der Waals surface area (Å²) in [5, 5.41) is 13.1. The van der Waals surface area contributed by atoms with Crippen LogP contribution < -0.4 is 5.32 Å². The lowest BCUT2D eigenvalue weighted by Gasteiger charge is -2.38. The molecule has 1 saturated heterocycles. The number of piperidine rings is 1. The Labute approximate surface area is 130 Å². The van der Waals surface area contributed by atoms with Gasteiger partial charge in [-0.15, -0.1) is 0 Å². The Morgan fingerprint density at radius 3 is 2.67 bits per heavy atom. The topological polar surface area (TPSA) is 69.6 Å². The van der Waals surface area contributed by atoms with Crippen LogP contribution in [0.15, 0.2) is 0 Å². The molecule has 1 aliphatic carbocycles. The van der Waals surface area contributed by atoms with E-state index in [9.17, 15) is 14.7 Å². The summed E-state index contributed by atoms with van der Waals surface area (Å²) in [5.41, 5.74) is 0. The Kier molecular flexibility index (Phi) is 5.79. The van der Waals surface area contributed by atoms with Crippen molar-refractivity contribution in [1.29, 1.82) is 0 Å². The van der Waals surface area contributed by atoms with Crippen LogP contribution in [0.2, 0.25) is 0 Å². The molecular weight excluding hydrogens is 288 g/mol. The van der Waals surface area contributed by atoms with E-state index in [1.165, 1.54) is 11.3 Å². The summed E-state index contributed by atoms with van der Waals surface area (Å²) in [4.78, 5) is 25.4. The van der Waals surface area contributed by atoms with Crippen molar-refractivity contribution in [3.05, 3.63) is 0 Å². The van der Waals surface area contributed by atoms with E-state index in [0.717, 1.165) is 32.1 Å². The number of thioether (sulfide) groups is 1. The van der Waals surface area contributed by atoms with Gasteiger partial charge in [0.05, 0.1) is 0 Å². The number of carbonyl (C=O) groups is 2. The third-order valence-electron chi connectivity index (χ3n) is 4.73. The lowest BCUT2D eigenvalue weighted by molar-refractivity contribution is -0.145. The highest BCUT2D eigenvalue weighted by Crippen LogP contribution is 2.28. The SMILES string of the molecule is CSC1CCCC(NC(=O)N2CCCC(C)C2C(=O)O)C1. The minimum Gasteiger partial charge on any atom is -0.480 e. The molecule has 1 aliphatic heterocycles. The van der Waals surface area contributed by atoms with Crippen LogP contribution in [0.4, 0.5) is 4.79 Å². The van der Waals surface area contributed by atoms with Gasteiger partial charge in [-0.2, -0.15) is 11.8 Å². The monoisotopic (exact) mass is 314 g/mol. The molecule has 0 aromatic rings. The van der Waals surface area contributed by atoms with E-state index in [1.54, 1.807) is 0 Å². The van der Waals surface area contributed by atoms with Gasteiger partial charge in [0.1, 0.15) is 6.04 Å². The van der Waals surface area contributed by atoms with Crippen LogP contribution in [0.25, 0.3) is 0 Å². The maximum Gasteiger partial charge on any atom is 0.326 e. The van der Waals surface area contributed by atoms with Crippen molar-refractivity contribution in [1.82, 2.24) is 10.2 Å². The number of amides is 2. The van der Waals surface area contributed by atoms with Crippen LogP contribution in [0.5, 0.6) is 0 Å². The van der Waals surface area contributed by atoms with Gasteiger partial charge < -0.3 is 15.3 Å². The average Bonchev–Trinajstić information content (AvgIpc) is 2.46. The first-order chi connectivity index (χ1) is 10.0. The fourth-order valence-corrected chi connectivity index (χ4v) is 4.37. The predicted molar refractivity (Wildman–Crippen MR) is 84.6 cm³/mol. The number of rotatable bonds is 3. The van der Waals surface area contributed by atoms with Gasteiger partial charge in [-0.25, -0.2) is 9.59 Å². The molecule has 2 amide bonds. The van der Waals surface area contributed by atoms with Crippen molar-refractivity contribution < 1.29 is 14.7 Å². The Balaban J connectivity index is 1.96. The minimum atomic E-state index is -0.886. The van der Waals surface area contributed by atoms with E-state index in [-0.39, 0.29) is 18.0 Å². The van der Waals surface area contributed by atoms with Crippen LogP contribution in [0.3, 0.4) is 0 Å². The number of nitrogens with one attached hydrogen (secondary N) is 1. The van der Waals surface area contributed by atoms with Crippen LogP contribution in [0.1, 0.15) is 45.4 Å². The number of carboxylic acids is 1. The highest BCUT2D eigenvalue weighted by atomic mass is 32.2. The fourth-order valence-electron chi connectivity index (χ4n) is 3.54. The zero-order valence-corrected chi connectivity index (χ0v) is 13.7. The Bertz CT molecular complexity index is 391. The molecule has 120 valence electrons. The maximum atomic E-state index is 12.5. The molecule has 1 heterocycles. The lowest BCUT2D eigenvalue weighted by atomic mass is 9.91. The lowest BCUT2D eigenvalue weighted by Crippen LogP contribution is -2.57. The van der Waals surface area contributed by atoms with E-state index in [2.05, 4.69) is 11.6 Å². The first-order valence-corrected chi connectivity index (χ1v) is 9.14. The Morgan fingerprint density at radius 2 is 2.00 bits per heavy atom. The number of urea groups is 1. The predicted octanol–water partition coefficient (Wildman–Crippen LogP) is 2.56. The number of likely N-dealkylation sites (tertiary alicyclic amines) is 1. The van der Waals surface area contributed by atoms with Gasteiger partial charge in [0.15, 0.2) is 0 Å². The van der Waals surface area contributed by atoms with E-state index in [1.807, 2.05) is 18.7 Å².